The molecule has 0 atom stereocenters. The minimum Gasteiger partial charge on any atom is -0.370 e. The van der Waals surface area contributed by atoms with E-state index in [4.69, 9.17) is 0 Å². The lowest BCUT2D eigenvalue weighted by Crippen LogP contribution is -2.29. The molecule has 0 bridgehead atoms. The Balaban J connectivity index is 1.60. The molecule has 6 nitrogen and oxygen atoms in total. The molecule has 1 aromatic carbocycles. The molecule has 5 rings (SSSR count). The number of fused-ring (bicyclic) bond motifs is 2. The van der Waals surface area contributed by atoms with Gasteiger partial charge in [-0.25, -0.2) is 0 Å². The minimum absolute atomic E-state index is 0.911. The topological polar surface area (TPSA) is 73.0 Å². The number of piperidine rings is 1. The number of nitrogens with zero attached hydrogens (tertiary/aromatic N) is 4. The molecule has 1 aliphatic rings. The summed E-state index contributed by atoms with van der Waals surface area (Å²) in [5, 5.41) is 10.1. The van der Waals surface area contributed by atoms with Crippen molar-refractivity contribution in [3.8, 4) is 11.4 Å². The third-order valence-corrected chi connectivity index (χ3v) is 6.00. The zero-order chi connectivity index (χ0) is 21.2. The second kappa shape index (κ2) is 8.22. The number of rotatable bonds is 5. The largest absolute Gasteiger partial charge is 0.370 e. The third-order valence-electron chi connectivity index (χ3n) is 6.00. The second-order valence-corrected chi connectivity index (χ2v) is 7.89. The van der Waals surface area contributed by atoms with Gasteiger partial charge in [-0.3, -0.25) is 15.1 Å². The maximum Gasteiger partial charge on any atom is 0.116 e. The van der Waals surface area contributed by atoms with Gasteiger partial charge in [0.1, 0.15) is 5.69 Å². The van der Waals surface area contributed by atoms with Gasteiger partial charge in [0.05, 0.1) is 34.8 Å². The highest BCUT2D eigenvalue weighted by molar-refractivity contribution is 6.11. The highest BCUT2D eigenvalue weighted by Crippen LogP contribution is 2.34. The van der Waals surface area contributed by atoms with Gasteiger partial charge in [-0.1, -0.05) is 18.7 Å². The number of anilines is 1. The summed E-state index contributed by atoms with van der Waals surface area (Å²) in [6.45, 7) is 7.86. The van der Waals surface area contributed by atoms with Crippen molar-refractivity contribution in [1.29, 1.82) is 0 Å². The Morgan fingerprint density at radius 2 is 1.97 bits per heavy atom. The highest BCUT2D eigenvalue weighted by atomic mass is 15.1. The van der Waals surface area contributed by atoms with Crippen LogP contribution in [-0.2, 0) is 0 Å². The average molecular weight is 411 g/mol. The Morgan fingerprint density at radius 1 is 1.10 bits per heavy atom. The Kier molecular flexibility index (Phi) is 5.12. The van der Waals surface area contributed by atoms with E-state index in [2.05, 4.69) is 60.9 Å². The van der Waals surface area contributed by atoms with Gasteiger partial charge in [0.25, 0.3) is 0 Å². The van der Waals surface area contributed by atoms with Crippen molar-refractivity contribution in [2.75, 3.05) is 18.0 Å². The zero-order valence-corrected chi connectivity index (χ0v) is 17.7. The van der Waals surface area contributed by atoms with Crippen molar-refractivity contribution >= 4 is 39.3 Å². The monoisotopic (exact) mass is 410 g/mol. The van der Waals surface area contributed by atoms with Gasteiger partial charge in [-0.05, 0) is 55.5 Å². The summed E-state index contributed by atoms with van der Waals surface area (Å²) < 4.78 is 0. The van der Waals surface area contributed by atoms with Crippen LogP contribution in [0.1, 0.15) is 31.7 Å². The number of aliphatic imine (C=N–C) groups is 1. The number of hydrogen-bond donors (Lipinski definition) is 2. The molecule has 0 amide bonds. The van der Waals surface area contributed by atoms with Crippen LogP contribution in [0.2, 0.25) is 0 Å². The van der Waals surface area contributed by atoms with Crippen molar-refractivity contribution in [3.63, 3.8) is 0 Å². The number of aromatic nitrogens is 4. The van der Waals surface area contributed by atoms with Crippen molar-refractivity contribution in [2.24, 2.45) is 4.99 Å². The molecule has 6 heteroatoms. The summed E-state index contributed by atoms with van der Waals surface area (Å²) in [5.41, 5.74) is 7.29. The van der Waals surface area contributed by atoms with E-state index < -0.39 is 0 Å². The standard InChI is InChI=1S/C25H26N6/c1-3-17(14-26-4-2)18-8-9-21-20(12-18)25(30-29-21)22-13-19-23(28-22)15-27-16-24(19)31-10-6-5-7-11-31/h3-4,8-9,12-16,28H,2,5-7,10-11H2,1H3,(H,29,30)/b17-3+,26-14?. The molecule has 0 aliphatic carbocycles. The molecular formula is C25H26N6. The first-order chi connectivity index (χ1) is 15.3. The van der Waals surface area contributed by atoms with E-state index in [9.17, 15) is 0 Å². The number of hydrogen-bond acceptors (Lipinski definition) is 4. The number of nitrogens with one attached hydrogen (secondary N) is 2. The summed E-state index contributed by atoms with van der Waals surface area (Å²) in [6, 6.07) is 8.51. The molecule has 1 aliphatic heterocycles. The third kappa shape index (κ3) is 3.54. The molecule has 1 saturated heterocycles. The fraction of sp³-hybridized carbons (Fsp3) is 0.240. The minimum atomic E-state index is 0.911. The maximum absolute atomic E-state index is 4.63. The predicted octanol–water partition coefficient (Wildman–Crippen LogP) is 5.71. The van der Waals surface area contributed by atoms with Gasteiger partial charge >= 0.3 is 0 Å². The molecule has 156 valence electrons. The van der Waals surface area contributed by atoms with E-state index in [-0.39, 0.29) is 0 Å². The number of H-pyrrole nitrogens is 2. The quantitative estimate of drug-likeness (QED) is 0.414. The zero-order valence-electron chi connectivity index (χ0n) is 17.7. The van der Waals surface area contributed by atoms with Crippen molar-refractivity contribution in [1.82, 2.24) is 20.2 Å². The van der Waals surface area contributed by atoms with Crippen LogP contribution < -0.4 is 4.90 Å². The molecule has 0 saturated carbocycles. The Hall–Kier alpha value is -3.67. The molecule has 0 spiro atoms. The van der Waals surface area contributed by atoms with Crippen molar-refractivity contribution < 1.29 is 0 Å². The van der Waals surface area contributed by atoms with E-state index in [1.807, 2.05) is 31.6 Å². The van der Waals surface area contributed by atoms with E-state index in [1.165, 1.54) is 30.3 Å². The molecule has 2 N–H and O–H groups in total. The Bertz CT molecular complexity index is 1300. The van der Waals surface area contributed by atoms with Crippen LogP contribution in [0.5, 0.6) is 0 Å². The van der Waals surface area contributed by atoms with Gasteiger partial charge < -0.3 is 9.88 Å². The van der Waals surface area contributed by atoms with Gasteiger partial charge in [-0.2, -0.15) is 5.10 Å². The fourth-order valence-corrected chi connectivity index (χ4v) is 4.40. The van der Waals surface area contributed by atoms with E-state index in [1.54, 1.807) is 6.20 Å². The first-order valence-corrected chi connectivity index (χ1v) is 10.8. The number of aromatic amines is 2. The molecular weight excluding hydrogens is 384 g/mol. The van der Waals surface area contributed by atoms with Crippen molar-refractivity contribution in [3.05, 3.63) is 61.1 Å². The number of benzene rings is 1. The molecule has 1 fully saturated rings. The van der Waals surface area contributed by atoms with Crippen molar-refractivity contribution in [2.45, 2.75) is 26.2 Å². The van der Waals surface area contributed by atoms with Crippen LogP contribution >= 0.6 is 0 Å². The van der Waals surface area contributed by atoms with Crippen LogP contribution in [-0.4, -0.2) is 39.5 Å². The molecule has 4 aromatic rings. The second-order valence-electron chi connectivity index (χ2n) is 7.89. The lowest BCUT2D eigenvalue weighted by Gasteiger charge is -2.28. The van der Waals surface area contributed by atoms with Crippen LogP contribution in [0.25, 0.3) is 38.8 Å². The maximum atomic E-state index is 4.63. The molecule has 0 radical (unpaired) electrons. The summed E-state index contributed by atoms with van der Waals surface area (Å²) >= 11 is 0. The van der Waals surface area contributed by atoms with E-state index in [0.29, 0.717) is 0 Å². The molecule has 31 heavy (non-hydrogen) atoms. The van der Waals surface area contributed by atoms with Crippen LogP contribution in [0.15, 0.2) is 60.5 Å². The Morgan fingerprint density at radius 3 is 2.77 bits per heavy atom. The lowest BCUT2D eigenvalue weighted by atomic mass is 10.0. The SMILES string of the molecule is C=CN=C/C(=C\C)c1ccc2[nH]nc(-c3cc4c(N5CCCCC5)cncc4[nH]3)c2c1. The van der Waals surface area contributed by atoms with Gasteiger partial charge in [0.15, 0.2) is 0 Å². The average Bonchev–Trinajstić information content (AvgIpc) is 3.43. The smallest absolute Gasteiger partial charge is 0.116 e. The summed E-state index contributed by atoms with van der Waals surface area (Å²) in [7, 11) is 0. The van der Waals surface area contributed by atoms with Crippen LogP contribution in [0.3, 0.4) is 0 Å². The van der Waals surface area contributed by atoms with Gasteiger partial charge in [-0.15, -0.1) is 0 Å². The van der Waals surface area contributed by atoms with Crippen LogP contribution in [0, 0.1) is 0 Å². The molecule has 3 aromatic heterocycles. The molecule has 0 unspecified atom stereocenters. The number of pyridine rings is 1. The van der Waals surface area contributed by atoms with E-state index in [0.717, 1.165) is 52.0 Å². The summed E-state index contributed by atoms with van der Waals surface area (Å²) in [6.07, 6.45) is 13.1. The van der Waals surface area contributed by atoms with Crippen LogP contribution in [0.4, 0.5) is 5.69 Å². The van der Waals surface area contributed by atoms with Gasteiger partial charge in [0, 0.05) is 36.3 Å². The fourth-order valence-electron chi connectivity index (χ4n) is 4.40. The normalized spacial score (nSPS) is 15.4. The lowest BCUT2D eigenvalue weighted by molar-refractivity contribution is 0.578. The van der Waals surface area contributed by atoms with Gasteiger partial charge in [0.2, 0.25) is 0 Å². The molecule has 4 heterocycles. The summed E-state index contributed by atoms with van der Waals surface area (Å²) in [4.78, 5) is 14.7. The number of allylic oxidation sites excluding steroid dienone is 2. The first kappa shape index (κ1) is 19.3. The highest BCUT2D eigenvalue weighted by Gasteiger charge is 2.18. The predicted molar refractivity (Wildman–Crippen MR) is 130 cm³/mol. The Labute approximate surface area is 181 Å². The first-order valence-electron chi connectivity index (χ1n) is 10.8. The van der Waals surface area contributed by atoms with E-state index >= 15 is 0 Å². The summed E-state index contributed by atoms with van der Waals surface area (Å²) in [5.74, 6) is 0.